The lowest BCUT2D eigenvalue weighted by Crippen LogP contribution is -2.43. The number of hydrogen-bond acceptors (Lipinski definition) is 2. The lowest BCUT2D eigenvalue weighted by atomic mass is 9.83. The fourth-order valence-corrected chi connectivity index (χ4v) is 2.46. The SMILES string of the molecule is CC(C)N1C[C@@](F)(CN)C[C@H]1C(C)(C)C. The Balaban J connectivity index is 2.86. The third kappa shape index (κ3) is 2.70. The van der Waals surface area contributed by atoms with Crippen LogP contribution in [0.15, 0.2) is 0 Å². The molecule has 0 aromatic rings. The maximum absolute atomic E-state index is 14.3. The van der Waals surface area contributed by atoms with Crippen LogP contribution < -0.4 is 5.73 Å². The van der Waals surface area contributed by atoms with E-state index in [1.807, 2.05) is 0 Å². The number of rotatable bonds is 2. The molecule has 0 aromatic heterocycles. The van der Waals surface area contributed by atoms with E-state index in [1.54, 1.807) is 0 Å². The fraction of sp³-hybridized carbons (Fsp3) is 1.00. The summed E-state index contributed by atoms with van der Waals surface area (Å²) in [6, 6.07) is 0.685. The van der Waals surface area contributed by atoms with Gasteiger partial charge in [0.2, 0.25) is 0 Å². The van der Waals surface area contributed by atoms with Crippen LogP contribution in [0.25, 0.3) is 0 Å². The molecule has 1 aliphatic heterocycles. The van der Waals surface area contributed by atoms with Gasteiger partial charge in [-0.3, -0.25) is 4.90 Å². The van der Waals surface area contributed by atoms with Gasteiger partial charge in [0.15, 0.2) is 0 Å². The molecule has 0 unspecified atom stereocenters. The van der Waals surface area contributed by atoms with Gasteiger partial charge < -0.3 is 5.73 Å². The Bertz CT molecular complexity index is 222. The number of nitrogens with two attached hydrogens (primary N) is 1. The van der Waals surface area contributed by atoms with Gasteiger partial charge in [0.25, 0.3) is 0 Å². The van der Waals surface area contributed by atoms with Gasteiger partial charge in [0.05, 0.1) is 0 Å². The van der Waals surface area contributed by atoms with Gasteiger partial charge >= 0.3 is 0 Å². The van der Waals surface area contributed by atoms with Crippen molar-refractivity contribution in [3.8, 4) is 0 Å². The second-order valence-corrected chi connectivity index (χ2v) is 6.21. The third-order valence-electron chi connectivity index (χ3n) is 3.45. The average molecular weight is 216 g/mol. The molecule has 2 N–H and O–H groups in total. The summed E-state index contributed by atoms with van der Waals surface area (Å²) in [7, 11) is 0. The van der Waals surface area contributed by atoms with Gasteiger partial charge in [-0.15, -0.1) is 0 Å². The number of alkyl halides is 1. The van der Waals surface area contributed by atoms with E-state index in [9.17, 15) is 4.39 Å². The van der Waals surface area contributed by atoms with Crippen LogP contribution in [0.5, 0.6) is 0 Å². The lowest BCUT2D eigenvalue weighted by Gasteiger charge is -2.37. The minimum absolute atomic E-state index is 0.118. The number of likely N-dealkylation sites (tertiary alicyclic amines) is 1. The van der Waals surface area contributed by atoms with Crippen LogP contribution in [0.4, 0.5) is 4.39 Å². The minimum atomic E-state index is -1.18. The molecule has 0 aromatic carbocycles. The first-order valence-electron chi connectivity index (χ1n) is 5.84. The molecule has 1 heterocycles. The minimum Gasteiger partial charge on any atom is -0.327 e. The Labute approximate surface area is 93.0 Å². The fourth-order valence-electron chi connectivity index (χ4n) is 2.46. The van der Waals surface area contributed by atoms with E-state index in [2.05, 4.69) is 39.5 Å². The van der Waals surface area contributed by atoms with Gasteiger partial charge in [-0.1, -0.05) is 20.8 Å². The second kappa shape index (κ2) is 4.02. The summed E-state index contributed by atoms with van der Waals surface area (Å²) in [4.78, 5) is 2.26. The molecular weight excluding hydrogens is 191 g/mol. The zero-order chi connectivity index (χ0) is 11.9. The molecule has 1 rings (SSSR count). The Morgan fingerprint density at radius 1 is 1.47 bits per heavy atom. The first-order chi connectivity index (χ1) is 6.69. The van der Waals surface area contributed by atoms with E-state index in [1.165, 1.54) is 0 Å². The molecule has 1 aliphatic rings. The molecule has 1 fully saturated rings. The monoisotopic (exact) mass is 216 g/mol. The second-order valence-electron chi connectivity index (χ2n) is 6.21. The average Bonchev–Trinajstić information content (AvgIpc) is 2.44. The molecule has 0 aliphatic carbocycles. The summed E-state index contributed by atoms with van der Waals surface area (Å²) in [6.45, 7) is 11.4. The topological polar surface area (TPSA) is 29.3 Å². The zero-order valence-corrected chi connectivity index (χ0v) is 10.7. The van der Waals surface area contributed by atoms with Crippen molar-refractivity contribution in [3.05, 3.63) is 0 Å². The van der Waals surface area contributed by atoms with Crippen LogP contribution in [-0.4, -0.2) is 35.7 Å². The van der Waals surface area contributed by atoms with Crippen molar-refractivity contribution in [2.24, 2.45) is 11.1 Å². The van der Waals surface area contributed by atoms with E-state index in [-0.39, 0.29) is 12.0 Å². The van der Waals surface area contributed by atoms with Crippen molar-refractivity contribution in [1.82, 2.24) is 4.90 Å². The molecule has 0 saturated carbocycles. The molecule has 0 radical (unpaired) electrons. The summed E-state index contributed by atoms with van der Waals surface area (Å²) >= 11 is 0. The Kier molecular flexibility index (Phi) is 3.46. The van der Waals surface area contributed by atoms with E-state index >= 15 is 0 Å². The highest BCUT2D eigenvalue weighted by atomic mass is 19.1. The molecule has 1 saturated heterocycles. The standard InChI is InChI=1S/C12H25FN2/c1-9(2)15-8-12(13,7-14)6-10(15)11(3,4)5/h9-10H,6-8,14H2,1-5H3/t10-,12-/m0/s1. The summed E-state index contributed by atoms with van der Waals surface area (Å²) in [5.74, 6) is 0. The van der Waals surface area contributed by atoms with Gasteiger partial charge in [0, 0.05) is 25.2 Å². The highest BCUT2D eigenvalue weighted by Crippen LogP contribution is 2.39. The van der Waals surface area contributed by atoms with Crippen molar-refractivity contribution in [3.63, 3.8) is 0 Å². The molecule has 0 spiro atoms. The smallest absolute Gasteiger partial charge is 0.137 e. The van der Waals surface area contributed by atoms with Crippen molar-refractivity contribution in [2.45, 2.75) is 58.8 Å². The lowest BCUT2D eigenvalue weighted by molar-refractivity contribution is 0.108. The van der Waals surface area contributed by atoms with Crippen molar-refractivity contribution in [1.29, 1.82) is 0 Å². The van der Waals surface area contributed by atoms with Crippen molar-refractivity contribution < 1.29 is 4.39 Å². The molecule has 15 heavy (non-hydrogen) atoms. The van der Waals surface area contributed by atoms with Gasteiger partial charge in [-0.05, 0) is 25.7 Å². The molecular formula is C12H25FN2. The van der Waals surface area contributed by atoms with E-state index in [0.29, 0.717) is 25.0 Å². The quantitative estimate of drug-likeness (QED) is 0.766. The maximum atomic E-state index is 14.3. The number of halogens is 1. The highest BCUT2D eigenvalue weighted by Gasteiger charge is 2.48. The van der Waals surface area contributed by atoms with E-state index in [4.69, 9.17) is 5.73 Å². The number of nitrogens with zero attached hydrogens (tertiary/aromatic N) is 1. The molecule has 2 nitrogen and oxygen atoms in total. The predicted octanol–water partition coefficient (Wildman–Crippen LogP) is 2.18. The Morgan fingerprint density at radius 3 is 2.27 bits per heavy atom. The first kappa shape index (κ1) is 12.9. The van der Waals surface area contributed by atoms with Crippen LogP contribution >= 0.6 is 0 Å². The molecule has 0 bridgehead atoms. The third-order valence-corrected chi connectivity index (χ3v) is 3.45. The predicted molar refractivity (Wildman–Crippen MR) is 62.6 cm³/mol. The summed E-state index contributed by atoms with van der Waals surface area (Å²) in [6.07, 6.45) is 0.575. The maximum Gasteiger partial charge on any atom is 0.137 e. The summed E-state index contributed by atoms with van der Waals surface area (Å²) in [5, 5.41) is 0. The molecule has 90 valence electrons. The van der Waals surface area contributed by atoms with Crippen LogP contribution in [0.1, 0.15) is 41.0 Å². The summed E-state index contributed by atoms with van der Waals surface area (Å²) in [5.41, 5.74) is 4.47. The normalized spacial score (nSPS) is 34.0. The van der Waals surface area contributed by atoms with Gasteiger partial charge in [0.1, 0.15) is 5.67 Å². The van der Waals surface area contributed by atoms with Gasteiger partial charge in [-0.25, -0.2) is 4.39 Å². The van der Waals surface area contributed by atoms with E-state index < -0.39 is 5.67 Å². The number of hydrogen-bond donors (Lipinski definition) is 1. The van der Waals surface area contributed by atoms with E-state index in [0.717, 1.165) is 0 Å². The Hall–Kier alpha value is -0.150. The zero-order valence-electron chi connectivity index (χ0n) is 10.7. The van der Waals surface area contributed by atoms with Crippen molar-refractivity contribution >= 4 is 0 Å². The van der Waals surface area contributed by atoms with Crippen LogP contribution in [0.2, 0.25) is 0 Å². The first-order valence-corrected chi connectivity index (χ1v) is 5.84. The van der Waals surface area contributed by atoms with Gasteiger partial charge in [-0.2, -0.15) is 0 Å². The highest BCUT2D eigenvalue weighted by molar-refractivity contribution is 5.02. The molecule has 3 heteroatoms. The van der Waals surface area contributed by atoms with Crippen LogP contribution in [0, 0.1) is 5.41 Å². The largest absolute Gasteiger partial charge is 0.327 e. The Morgan fingerprint density at radius 2 is 2.00 bits per heavy atom. The van der Waals surface area contributed by atoms with Crippen LogP contribution in [0.3, 0.4) is 0 Å². The molecule has 2 atom stereocenters. The van der Waals surface area contributed by atoms with Crippen molar-refractivity contribution in [2.75, 3.05) is 13.1 Å². The molecule has 0 amide bonds. The summed E-state index contributed by atoms with van der Waals surface area (Å²) < 4.78 is 14.3. The van der Waals surface area contributed by atoms with Crippen LogP contribution in [-0.2, 0) is 0 Å².